The average Bonchev–Trinajstić information content (AvgIpc) is 2.69. The Morgan fingerprint density at radius 2 is 2.21 bits per heavy atom. The van der Waals surface area contributed by atoms with Gasteiger partial charge in [0, 0.05) is 29.4 Å². The van der Waals surface area contributed by atoms with E-state index >= 15 is 0 Å². The highest BCUT2D eigenvalue weighted by molar-refractivity contribution is 7.84. The highest BCUT2D eigenvalue weighted by Crippen LogP contribution is 2.26. The van der Waals surface area contributed by atoms with Gasteiger partial charge in [0.25, 0.3) is 0 Å². The Hall–Kier alpha value is -0.870. The number of para-hydroxylation sites is 1. The molecule has 0 radical (unpaired) electrons. The molecule has 1 aromatic carbocycles. The summed E-state index contributed by atoms with van der Waals surface area (Å²) in [5.74, 6) is 1.61. The van der Waals surface area contributed by atoms with Crippen molar-refractivity contribution in [3.63, 3.8) is 0 Å². The SMILES string of the molecule is Cc1cccc2nc(C(C)Cl)n(CCCS(C)=O)c12. The van der Waals surface area contributed by atoms with E-state index in [0.29, 0.717) is 5.75 Å². The van der Waals surface area contributed by atoms with Gasteiger partial charge in [-0.1, -0.05) is 12.1 Å². The van der Waals surface area contributed by atoms with E-state index in [9.17, 15) is 4.21 Å². The molecule has 1 aromatic heterocycles. The zero-order valence-electron chi connectivity index (χ0n) is 11.5. The van der Waals surface area contributed by atoms with E-state index in [1.807, 2.05) is 19.1 Å². The molecular weight excluding hydrogens is 280 g/mol. The lowest BCUT2D eigenvalue weighted by Crippen LogP contribution is -2.08. The van der Waals surface area contributed by atoms with Gasteiger partial charge < -0.3 is 4.57 Å². The van der Waals surface area contributed by atoms with Crippen LogP contribution >= 0.6 is 11.6 Å². The summed E-state index contributed by atoms with van der Waals surface area (Å²) in [7, 11) is -0.750. The number of rotatable bonds is 5. The molecule has 0 bridgehead atoms. The smallest absolute Gasteiger partial charge is 0.127 e. The first-order chi connectivity index (χ1) is 9.00. The minimum absolute atomic E-state index is 0.126. The second-order valence-corrected chi connectivity index (χ2v) is 7.02. The maximum absolute atomic E-state index is 11.2. The number of aromatic nitrogens is 2. The van der Waals surface area contributed by atoms with Gasteiger partial charge in [0.15, 0.2) is 0 Å². The number of alkyl halides is 1. The average molecular weight is 299 g/mol. The molecule has 5 heteroatoms. The highest BCUT2D eigenvalue weighted by Gasteiger charge is 2.15. The van der Waals surface area contributed by atoms with Crippen LogP contribution in [-0.2, 0) is 17.3 Å². The number of benzene rings is 1. The normalized spacial score (nSPS) is 14.7. The fraction of sp³-hybridized carbons (Fsp3) is 0.500. The molecule has 0 spiro atoms. The van der Waals surface area contributed by atoms with Gasteiger partial charge in [-0.15, -0.1) is 11.6 Å². The summed E-state index contributed by atoms with van der Waals surface area (Å²) < 4.78 is 13.4. The van der Waals surface area contributed by atoms with Crippen molar-refractivity contribution in [1.82, 2.24) is 9.55 Å². The molecular formula is C14H19ClN2OS. The van der Waals surface area contributed by atoms with E-state index < -0.39 is 10.8 Å². The lowest BCUT2D eigenvalue weighted by Gasteiger charge is -2.11. The fourth-order valence-electron chi connectivity index (χ4n) is 2.34. The van der Waals surface area contributed by atoms with Gasteiger partial charge >= 0.3 is 0 Å². The second-order valence-electron chi connectivity index (χ2n) is 4.81. The van der Waals surface area contributed by atoms with Crippen LogP contribution in [0.1, 0.15) is 30.1 Å². The Bertz CT molecular complexity index is 607. The largest absolute Gasteiger partial charge is 0.326 e. The van der Waals surface area contributed by atoms with E-state index in [0.717, 1.165) is 29.8 Å². The third-order valence-electron chi connectivity index (χ3n) is 3.17. The van der Waals surface area contributed by atoms with Crippen molar-refractivity contribution < 1.29 is 4.21 Å². The monoisotopic (exact) mass is 298 g/mol. The number of imidazole rings is 1. The minimum atomic E-state index is -0.750. The summed E-state index contributed by atoms with van der Waals surface area (Å²) in [6.07, 6.45) is 2.61. The number of hydrogen-bond acceptors (Lipinski definition) is 2. The van der Waals surface area contributed by atoms with Crippen molar-refractivity contribution in [2.24, 2.45) is 0 Å². The highest BCUT2D eigenvalue weighted by atomic mass is 35.5. The molecule has 3 nitrogen and oxygen atoms in total. The summed E-state index contributed by atoms with van der Waals surface area (Å²) in [6.45, 7) is 4.83. The van der Waals surface area contributed by atoms with Crippen LogP contribution in [-0.4, -0.2) is 25.8 Å². The third kappa shape index (κ3) is 3.18. The van der Waals surface area contributed by atoms with Gasteiger partial charge in [0.2, 0.25) is 0 Å². The van der Waals surface area contributed by atoms with Gasteiger partial charge in [-0.3, -0.25) is 4.21 Å². The van der Waals surface area contributed by atoms with Gasteiger partial charge in [-0.05, 0) is 31.9 Å². The first-order valence-corrected chi connectivity index (χ1v) is 8.57. The van der Waals surface area contributed by atoms with Crippen molar-refractivity contribution in [3.8, 4) is 0 Å². The molecule has 2 unspecified atom stereocenters. The van der Waals surface area contributed by atoms with Crippen LogP contribution in [0, 0.1) is 6.92 Å². The van der Waals surface area contributed by atoms with Crippen LogP contribution in [0.25, 0.3) is 11.0 Å². The van der Waals surface area contributed by atoms with Crippen molar-refractivity contribution in [2.75, 3.05) is 12.0 Å². The van der Waals surface area contributed by atoms with E-state index in [2.05, 4.69) is 22.5 Å². The maximum Gasteiger partial charge on any atom is 0.127 e. The molecule has 2 aromatic rings. The van der Waals surface area contributed by atoms with Crippen LogP contribution in [0.4, 0.5) is 0 Å². The van der Waals surface area contributed by atoms with Crippen LogP contribution in [0.5, 0.6) is 0 Å². The van der Waals surface area contributed by atoms with E-state index in [4.69, 9.17) is 11.6 Å². The summed E-state index contributed by atoms with van der Waals surface area (Å²) in [5, 5.41) is -0.126. The van der Waals surface area contributed by atoms with Gasteiger partial charge in [-0.25, -0.2) is 4.98 Å². The van der Waals surface area contributed by atoms with Gasteiger partial charge in [0.05, 0.1) is 16.4 Å². The molecule has 104 valence electrons. The molecule has 0 saturated carbocycles. The van der Waals surface area contributed by atoms with Crippen LogP contribution in [0.3, 0.4) is 0 Å². The quantitative estimate of drug-likeness (QED) is 0.793. The Balaban J connectivity index is 2.42. The molecule has 1 heterocycles. The second kappa shape index (κ2) is 6.06. The van der Waals surface area contributed by atoms with Crippen molar-refractivity contribution in [1.29, 1.82) is 0 Å². The Morgan fingerprint density at radius 3 is 2.84 bits per heavy atom. The number of nitrogens with zero attached hydrogens (tertiary/aromatic N) is 2. The molecule has 0 saturated heterocycles. The Morgan fingerprint density at radius 1 is 1.47 bits per heavy atom. The molecule has 0 N–H and O–H groups in total. The molecule has 2 atom stereocenters. The first kappa shape index (κ1) is 14.5. The topological polar surface area (TPSA) is 34.9 Å². The molecule has 0 aliphatic heterocycles. The third-order valence-corrected chi connectivity index (χ3v) is 4.23. The molecule has 0 amide bonds. The first-order valence-electron chi connectivity index (χ1n) is 6.40. The van der Waals surface area contributed by atoms with E-state index in [-0.39, 0.29) is 5.38 Å². The number of aryl methyl sites for hydroxylation is 2. The van der Waals surface area contributed by atoms with Crippen LogP contribution in [0.15, 0.2) is 18.2 Å². The lowest BCUT2D eigenvalue weighted by atomic mass is 10.2. The summed E-state index contributed by atoms with van der Waals surface area (Å²) in [4.78, 5) is 4.63. The zero-order chi connectivity index (χ0) is 14.0. The number of hydrogen-bond donors (Lipinski definition) is 0. The summed E-state index contributed by atoms with van der Waals surface area (Å²) in [5.41, 5.74) is 3.33. The Kier molecular flexibility index (Phi) is 4.63. The standard InChI is InChI=1S/C14H19ClN2OS/c1-10-6-4-7-12-13(10)17(8-5-9-19(3)18)14(16-12)11(2)15/h4,6-7,11H,5,8-9H2,1-3H3. The van der Waals surface area contributed by atoms with E-state index in [1.165, 1.54) is 5.56 Å². The number of fused-ring (bicyclic) bond motifs is 1. The molecule has 2 rings (SSSR count). The Labute approximate surface area is 121 Å². The summed E-state index contributed by atoms with van der Waals surface area (Å²) in [6, 6.07) is 6.11. The van der Waals surface area contributed by atoms with Gasteiger partial charge in [-0.2, -0.15) is 0 Å². The van der Waals surface area contributed by atoms with Gasteiger partial charge in [0.1, 0.15) is 5.82 Å². The van der Waals surface area contributed by atoms with Crippen LogP contribution < -0.4 is 0 Å². The lowest BCUT2D eigenvalue weighted by molar-refractivity contribution is 0.645. The molecule has 0 fully saturated rings. The zero-order valence-corrected chi connectivity index (χ0v) is 13.1. The summed E-state index contributed by atoms with van der Waals surface area (Å²) >= 11 is 6.23. The van der Waals surface area contributed by atoms with Crippen LogP contribution in [0.2, 0.25) is 0 Å². The van der Waals surface area contributed by atoms with E-state index in [1.54, 1.807) is 6.26 Å². The van der Waals surface area contributed by atoms with Crippen molar-refractivity contribution in [2.45, 2.75) is 32.2 Å². The predicted octanol–water partition coefficient (Wildman–Crippen LogP) is 3.41. The maximum atomic E-state index is 11.2. The van der Waals surface area contributed by atoms with Crippen molar-refractivity contribution in [3.05, 3.63) is 29.6 Å². The molecule has 0 aliphatic rings. The molecule has 0 aliphatic carbocycles. The molecule has 19 heavy (non-hydrogen) atoms. The minimum Gasteiger partial charge on any atom is -0.326 e. The van der Waals surface area contributed by atoms with Crippen molar-refractivity contribution >= 4 is 33.4 Å². The fourth-order valence-corrected chi connectivity index (χ4v) is 3.04. The predicted molar refractivity (Wildman–Crippen MR) is 82.3 cm³/mol. The number of halogens is 1.